The van der Waals surface area contributed by atoms with Crippen LogP contribution in [0.1, 0.15) is 227 Å². The van der Waals surface area contributed by atoms with Crippen molar-refractivity contribution in [3.63, 3.8) is 0 Å². The summed E-state index contributed by atoms with van der Waals surface area (Å²) in [5.74, 6) is 1.48. The van der Waals surface area contributed by atoms with E-state index < -0.39 is 0 Å². The molecule has 6 heteroatoms. The van der Waals surface area contributed by atoms with Crippen LogP contribution in [0.25, 0.3) is 0 Å². The highest BCUT2D eigenvalue weighted by atomic mass is 16.5. The van der Waals surface area contributed by atoms with Gasteiger partial charge in [-0.2, -0.15) is 0 Å². The molecule has 2 unspecified atom stereocenters. The minimum Gasteiger partial charge on any atom is -0.499 e. The number of rotatable bonds is 49. The number of carbonyl (C=O) groups is 1. The first-order chi connectivity index (χ1) is 30.9. The molecule has 6 nitrogen and oxygen atoms in total. The number of ether oxygens (including phenoxy) is 4. The lowest BCUT2D eigenvalue weighted by atomic mass is 10.0. The maximum Gasteiger partial charge on any atom is 0.305 e. The third kappa shape index (κ3) is 44.4. The molecule has 0 N–H and O–H groups in total. The van der Waals surface area contributed by atoms with Gasteiger partial charge in [0.15, 0.2) is 0 Å². The van der Waals surface area contributed by atoms with Gasteiger partial charge in [0.25, 0.3) is 0 Å². The van der Waals surface area contributed by atoms with E-state index in [1.165, 1.54) is 116 Å². The fourth-order valence-electron chi connectivity index (χ4n) is 7.47. The van der Waals surface area contributed by atoms with E-state index in [4.69, 9.17) is 18.9 Å². The number of esters is 1. The fourth-order valence-corrected chi connectivity index (χ4v) is 7.47. The van der Waals surface area contributed by atoms with Gasteiger partial charge in [0.2, 0.25) is 0 Å². The molecule has 0 amide bonds. The van der Waals surface area contributed by atoms with E-state index in [0.717, 1.165) is 88.9 Å². The van der Waals surface area contributed by atoms with Gasteiger partial charge in [-0.1, -0.05) is 167 Å². The predicted molar refractivity (Wildman–Crippen MR) is 274 cm³/mol. The van der Waals surface area contributed by atoms with Crippen molar-refractivity contribution in [3.8, 4) is 0 Å². The smallest absolute Gasteiger partial charge is 0.305 e. The van der Waals surface area contributed by atoms with E-state index in [9.17, 15) is 4.79 Å². The Bertz CT molecular complexity index is 1140. The largest absolute Gasteiger partial charge is 0.499 e. The van der Waals surface area contributed by atoms with Crippen molar-refractivity contribution in [1.29, 1.82) is 0 Å². The second-order valence-corrected chi connectivity index (χ2v) is 17.8. The van der Waals surface area contributed by atoms with Crippen molar-refractivity contribution >= 4 is 5.97 Å². The quantitative estimate of drug-likeness (QED) is 0.0263. The standard InChI is InChI=1S/C57H103NO5/c1-8-13-16-19-22-24-25-26-27-28-29-31-32-35-38-42-53(6)62-51-55(45-44-54(7)60-50-41-48-58(11-4)12-5)52-63-57(59)47-46-56(61-49-40-37-34-21-18-15-10-3)43-39-36-33-30-23-20-17-14-9-2/h22,24,26-27,30,33,37,40,55-56H,6-21,23,25,28-29,31-32,34-36,38-39,41-52H2,1-5H3/b24-22-,27-26-,33-30+,40-37+. The Morgan fingerprint density at radius 3 is 1.63 bits per heavy atom. The number of hydrogen-bond donors (Lipinski definition) is 0. The average Bonchev–Trinajstić information content (AvgIpc) is 3.29. The van der Waals surface area contributed by atoms with Crippen LogP contribution in [0.5, 0.6) is 0 Å². The molecule has 0 spiro atoms. The highest BCUT2D eigenvalue weighted by Crippen LogP contribution is 2.19. The zero-order chi connectivity index (χ0) is 46.1. The highest BCUT2D eigenvalue weighted by Gasteiger charge is 2.17. The van der Waals surface area contributed by atoms with E-state index in [1.807, 2.05) is 0 Å². The van der Waals surface area contributed by atoms with Gasteiger partial charge in [-0.05, 0) is 116 Å². The minimum absolute atomic E-state index is 0.0367. The van der Waals surface area contributed by atoms with Gasteiger partial charge < -0.3 is 23.8 Å². The van der Waals surface area contributed by atoms with Crippen LogP contribution in [0.2, 0.25) is 0 Å². The molecule has 0 aliphatic rings. The summed E-state index contributed by atoms with van der Waals surface area (Å²) < 4.78 is 24.5. The third-order valence-electron chi connectivity index (χ3n) is 11.8. The molecule has 0 heterocycles. The van der Waals surface area contributed by atoms with Crippen molar-refractivity contribution in [3.05, 3.63) is 73.3 Å². The maximum absolute atomic E-state index is 13.2. The molecule has 0 aromatic heterocycles. The highest BCUT2D eigenvalue weighted by molar-refractivity contribution is 5.69. The molecule has 0 rings (SSSR count). The molecule has 0 saturated heterocycles. The number of allylic oxidation sites excluding steroid dienone is 9. The van der Waals surface area contributed by atoms with Gasteiger partial charge in [0, 0.05) is 31.7 Å². The van der Waals surface area contributed by atoms with Crippen LogP contribution < -0.4 is 0 Å². The first kappa shape index (κ1) is 60.4. The molecular weight excluding hydrogens is 779 g/mol. The van der Waals surface area contributed by atoms with Gasteiger partial charge in [0.1, 0.15) is 0 Å². The van der Waals surface area contributed by atoms with E-state index in [1.54, 1.807) is 0 Å². The predicted octanol–water partition coefficient (Wildman–Crippen LogP) is 16.9. The summed E-state index contributed by atoms with van der Waals surface area (Å²) in [6, 6.07) is 0. The lowest BCUT2D eigenvalue weighted by Crippen LogP contribution is -2.24. The maximum atomic E-state index is 13.2. The topological polar surface area (TPSA) is 57.2 Å². The second kappa shape index (κ2) is 48.9. The lowest BCUT2D eigenvalue weighted by molar-refractivity contribution is -0.146. The third-order valence-corrected chi connectivity index (χ3v) is 11.8. The summed E-state index contributed by atoms with van der Waals surface area (Å²) in [5.41, 5.74) is 0. The van der Waals surface area contributed by atoms with E-state index in [2.05, 4.69) is 101 Å². The molecule has 0 saturated carbocycles. The summed E-state index contributed by atoms with van der Waals surface area (Å²) in [4.78, 5) is 15.6. The van der Waals surface area contributed by atoms with Gasteiger partial charge >= 0.3 is 5.97 Å². The summed E-state index contributed by atoms with van der Waals surface area (Å²) >= 11 is 0. The molecule has 0 aliphatic heterocycles. The lowest BCUT2D eigenvalue weighted by Gasteiger charge is -2.21. The van der Waals surface area contributed by atoms with Crippen LogP contribution >= 0.6 is 0 Å². The van der Waals surface area contributed by atoms with Crippen molar-refractivity contribution < 1.29 is 23.7 Å². The molecule has 0 aliphatic carbocycles. The van der Waals surface area contributed by atoms with Crippen molar-refractivity contribution in [1.82, 2.24) is 4.90 Å². The fraction of sp³-hybridized carbons (Fsp3) is 0.772. The van der Waals surface area contributed by atoms with Crippen LogP contribution in [0.4, 0.5) is 0 Å². The van der Waals surface area contributed by atoms with Crippen LogP contribution in [-0.4, -0.2) is 63.0 Å². The Hall–Kier alpha value is -2.57. The number of hydrogen-bond acceptors (Lipinski definition) is 6. The zero-order valence-corrected chi connectivity index (χ0v) is 42.3. The zero-order valence-electron chi connectivity index (χ0n) is 42.3. The van der Waals surface area contributed by atoms with E-state index in [0.29, 0.717) is 45.7 Å². The second-order valence-electron chi connectivity index (χ2n) is 17.8. The van der Waals surface area contributed by atoms with Crippen molar-refractivity contribution in [2.45, 2.75) is 233 Å². The summed E-state index contributed by atoms with van der Waals surface area (Å²) in [6.07, 6.45) is 51.8. The molecule has 0 radical (unpaired) electrons. The van der Waals surface area contributed by atoms with Crippen LogP contribution in [-0.2, 0) is 23.7 Å². The normalized spacial score (nSPS) is 13.0. The molecule has 0 bridgehead atoms. The number of carbonyl (C=O) groups excluding carboxylic acids is 1. The number of unbranched alkanes of at least 4 members (excludes halogenated alkanes) is 17. The van der Waals surface area contributed by atoms with Crippen molar-refractivity contribution in [2.24, 2.45) is 5.92 Å². The average molecular weight is 882 g/mol. The minimum atomic E-state index is -0.164. The first-order valence-corrected chi connectivity index (χ1v) is 26.6. The van der Waals surface area contributed by atoms with Gasteiger partial charge in [-0.25, -0.2) is 0 Å². The summed E-state index contributed by atoms with van der Waals surface area (Å²) in [7, 11) is 0. The Morgan fingerprint density at radius 2 is 1.00 bits per heavy atom. The molecule has 0 aromatic rings. The SMILES string of the molecule is C=C(CCC(COC(=C)CCCCCCC/C=C\C/C=C\CCCCC)COC(=O)CCC(CCC/C=C/CCCCCC)OC/C=C/CCCCCC)OCCCN(CC)CC. The Kier molecular flexibility index (Phi) is 46.9. The molecule has 2 atom stereocenters. The van der Waals surface area contributed by atoms with Crippen LogP contribution in [0.3, 0.4) is 0 Å². The van der Waals surface area contributed by atoms with E-state index in [-0.39, 0.29) is 18.0 Å². The molecular formula is C57H103NO5. The van der Waals surface area contributed by atoms with Gasteiger partial charge in [-0.15, -0.1) is 0 Å². The summed E-state index contributed by atoms with van der Waals surface area (Å²) in [6.45, 7) is 24.8. The van der Waals surface area contributed by atoms with Crippen LogP contribution in [0.15, 0.2) is 73.3 Å². The Balaban J connectivity index is 4.96. The number of nitrogens with zero attached hydrogens (tertiary/aromatic N) is 1. The molecule has 366 valence electrons. The van der Waals surface area contributed by atoms with E-state index >= 15 is 0 Å². The monoisotopic (exact) mass is 882 g/mol. The molecule has 63 heavy (non-hydrogen) atoms. The van der Waals surface area contributed by atoms with Crippen LogP contribution in [0, 0.1) is 5.92 Å². The Labute approximate surface area is 391 Å². The first-order valence-electron chi connectivity index (χ1n) is 26.6. The van der Waals surface area contributed by atoms with Gasteiger partial charge in [-0.3, -0.25) is 4.79 Å². The van der Waals surface area contributed by atoms with Crippen molar-refractivity contribution in [2.75, 3.05) is 46.1 Å². The van der Waals surface area contributed by atoms with Gasteiger partial charge in [0.05, 0.1) is 44.0 Å². The summed E-state index contributed by atoms with van der Waals surface area (Å²) in [5, 5.41) is 0. The molecule has 0 fully saturated rings. The molecule has 0 aromatic carbocycles. The Morgan fingerprint density at radius 1 is 0.492 bits per heavy atom.